The Balaban J connectivity index is 2.94. The fraction of sp³-hybridized carbons (Fsp3) is 0. The Labute approximate surface area is 70.8 Å². The van der Waals surface area contributed by atoms with Crippen molar-refractivity contribution < 1.29 is 0 Å². The van der Waals surface area contributed by atoms with Gasteiger partial charge < -0.3 is 11.5 Å². The van der Waals surface area contributed by atoms with Crippen molar-refractivity contribution in [1.82, 2.24) is 0 Å². The van der Waals surface area contributed by atoms with Gasteiger partial charge in [0.1, 0.15) is 0 Å². The summed E-state index contributed by atoms with van der Waals surface area (Å²) < 4.78 is 0. The van der Waals surface area contributed by atoms with Crippen molar-refractivity contribution in [2.75, 3.05) is 11.5 Å². The fourth-order valence-corrected chi connectivity index (χ4v) is 1.36. The average molecular weight is 164 g/mol. The van der Waals surface area contributed by atoms with Gasteiger partial charge in [-0.05, 0) is 12.1 Å². The van der Waals surface area contributed by atoms with E-state index in [1.54, 1.807) is 0 Å². The maximum absolute atomic E-state index is 5.77. The third kappa shape index (κ3) is 0.889. The van der Waals surface area contributed by atoms with Crippen LogP contribution in [0, 0.1) is 0 Å². The van der Waals surface area contributed by atoms with Gasteiger partial charge in [-0.2, -0.15) is 0 Å². The summed E-state index contributed by atoms with van der Waals surface area (Å²) in [4.78, 5) is 0. The van der Waals surface area contributed by atoms with E-state index in [2.05, 4.69) is 0 Å². The summed E-state index contributed by atoms with van der Waals surface area (Å²) in [6.45, 7) is 0. The number of nitrogen functional groups attached to an aromatic ring is 2. The highest BCUT2D eigenvalue weighted by Crippen LogP contribution is 2.24. The second kappa shape index (κ2) is 2.41. The molecule has 0 saturated heterocycles. The smallest absolute Gasteiger partial charge is 0.0394 e. The van der Waals surface area contributed by atoms with E-state index < -0.39 is 0 Å². The summed E-state index contributed by atoms with van der Waals surface area (Å²) in [5, 5.41) is 2.05. The Bertz CT molecular complexity index is 380. The Hall–Kier alpha value is -1.70. The van der Waals surface area contributed by atoms with E-state index in [-0.39, 0.29) is 0 Å². The summed E-state index contributed by atoms with van der Waals surface area (Å²) in [7, 11) is 0. The van der Waals surface area contributed by atoms with Crippen LogP contribution in [-0.2, 0) is 0 Å². The molecule has 0 saturated carbocycles. The molecule has 0 aliphatic rings. The van der Waals surface area contributed by atoms with Gasteiger partial charge in [-0.15, -0.1) is 0 Å². The lowest BCUT2D eigenvalue weighted by Gasteiger charge is -2.03. The topological polar surface area (TPSA) is 52.0 Å². The van der Waals surface area contributed by atoms with Crippen LogP contribution in [0.15, 0.2) is 36.4 Å². The second-order valence-electron chi connectivity index (χ2n) is 2.79. The minimum atomic E-state index is 0.778. The predicted octanol–water partition coefficient (Wildman–Crippen LogP) is 2.00. The van der Waals surface area contributed by atoms with E-state index in [0.29, 0.717) is 0 Å². The van der Waals surface area contributed by atoms with E-state index in [0.717, 1.165) is 22.1 Å². The van der Waals surface area contributed by atoms with Crippen LogP contribution < -0.4 is 11.5 Å². The van der Waals surface area contributed by atoms with E-state index in [9.17, 15) is 0 Å². The molecule has 0 aliphatic heterocycles. The summed E-state index contributed by atoms with van der Waals surface area (Å²) >= 11 is 0. The molecule has 0 spiro atoms. The van der Waals surface area contributed by atoms with Gasteiger partial charge in [0.2, 0.25) is 0 Å². The summed E-state index contributed by atoms with van der Waals surface area (Å²) in [5.74, 6) is 0. The van der Waals surface area contributed by atoms with Crippen LogP contribution in [0.2, 0.25) is 0 Å². The molecule has 4 N–H and O–H groups in total. The summed E-state index contributed by atoms with van der Waals surface area (Å²) in [6.07, 6.45) is 0. The van der Waals surface area contributed by atoms with Crippen molar-refractivity contribution in [3.05, 3.63) is 36.4 Å². The van der Waals surface area contributed by atoms with Crippen LogP contribution >= 0.6 is 0 Å². The standard InChI is InChI=1S/C10H10N2/c11-9-5-1-3-7-8(9)4-2-6-10(7)12/h1-6H,11-12H2/i1+1,3+1,5+1,7+1,8+1,9+1. The molecule has 0 atom stereocenters. The van der Waals surface area contributed by atoms with E-state index in [1.165, 1.54) is 0 Å². The zero-order chi connectivity index (χ0) is 8.55. The van der Waals surface area contributed by atoms with Crippen molar-refractivity contribution in [1.29, 1.82) is 0 Å². The minimum absolute atomic E-state index is 0.778. The van der Waals surface area contributed by atoms with Crippen LogP contribution in [0.5, 0.6) is 0 Å². The van der Waals surface area contributed by atoms with Gasteiger partial charge in [0.25, 0.3) is 0 Å². The first-order valence-electron chi connectivity index (χ1n) is 3.82. The van der Waals surface area contributed by atoms with E-state index >= 15 is 0 Å². The molecule has 2 heteroatoms. The molecule has 0 bridgehead atoms. The third-order valence-corrected chi connectivity index (χ3v) is 1.99. The molecule has 0 amide bonds. The molecule has 2 aromatic carbocycles. The number of nitrogens with two attached hydrogens (primary N) is 2. The summed E-state index contributed by atoms with van der Waals surface area (Å²) in [6, 6.07) is 11.5. The number of anilines is 2. The number of fused-ring (bicyclic) bond motifs is 1. The first-order chi connectivity index (χ1) is 5.79. The summed E-state index contributed by atoms with van der Waals surface area (Å²) in [5.41, 5.74) is 13.1. The molecule has 0 aliphatic carbocycles. The SMILES string of the molecule is Nc1ccc[13c]2[13c](N)[13cH][13cH][13cH][13c]12. The molecule has 0 heterocycles. The zero-order valence-electron chi connectivity index (χ0n) is 6.62. The second-order valence-corrected chi connectivity index (χ2v) is 2.79. The van der Waals surface area contributed by atoms with Crippen molar-refractivity contribution in [3.8, 4) is 0 Å². The average Bonchev–Trinajstić information content (AvgIpc) is 2.07. The number of rotatable bonds is 0. The van der Waals surface area contributed by atoms with Crippen LogP contribution in [0.1, 0.15) is 0 Å². The normalized spacial score (nSPS) is 10.3. The number of hydrogen-bond donors (Lipinski definition) is 2. The molecule has 2 nitrogen and oxygen atoms in total. The predicted molar refractivity (Wildman–Crippen MR) is 52.8 cm³/mol. The van der Waals surface area contributed by atoms with Crippen LogP contribution in [0.25, 0.3) is 10.8 Å². The van der Waals surface area contributed by atoms with Gasteiger partial charge in [0.15, 0.2) is 0 Å². The molecule has 2 rings (SSSR count). The van der Waals surface area contributed by atoms with Crippen molar-refractivity contribution >= 4 is 22.1 Å². The Morgan fingerprint density at radius 2 is 1.08 bits per heavy atom. The highest BCUT2D eigenvalue weighted by atomic mass is 15.0. The van der Waals surface area contributed by atoms with Gasteiger partial charge in [0, 0.05) is 22.1 Å². The largest absolute Gasteiger partial charge is 0.398 e. The van der Waals surface area contributed by atoms with Gasteiger partial charge >= 0.3 is 0 Å². The molecule has 0 fully saturated rings. The van der Waals surface area contributed by atoms with Crippen LogP contribution in [-0.4, -0.2) is 0 Å². The molecule has 0 unspecified atom stereocenters. The molecule has 0 radical (unpaired) electrons. The maximum Gasteiger partial charge on any atom is 0.0394 e. The molecule has 2 aromatic rings. The molecular formula is C10H10N2. The monoisotopic (exact) mass is 164 g/mol. The van der Waals surface area contributed by atoms with E-state index in [4.69, 9.17) is 11.5 Å². The Morgan fingerprint density at radius 1 is 0.667 bits per heavy atom. The lowest BCUT2D eigenvalue weighted by Crippen LogP contribution is -1.90. The van der Waals surface area contributed by atoms with E-state index in [1.807, 2.05) is 36.4 Å². The highest BCUT2D eigenvalue weighted by molar-refractivity contribution is 5.99. The Kier molecular flexibility index (Phi) is 1.40. The van der Waals surface area contributed by atoms with Gasteiger partial charge in [0.05, 0.1) is 0 Å². The first kappa shape index (κ1) is 6.98. The lowest BCUT2D eigenvalue weighted by atomic mass is 10.5. The molecule has 12 heavy (non-hydrogen) atoms. The van der Waals surface area contributed by atoms with Gasteiger partial charge in [-0.25, -0.2) is 0 Å². The Morgan fingerprint density at radius 3 is 1.50 bits per heavy atom. The number of hydrogen-bond acceptors (Lipinski definition) is 2. The highest BCUT2D eigenvalue weighted by Gasteiger charge is 1.98. The van der Waals surface area contributed by atoms with Crippen molar-refractivity contribution in [3.63, 3.8) is 0 Å². The molecule has 60 valence electrons. The fourth-order valence-electron chi connectivity index (χ4n) is 1.36. The first-order valence-corrected chi connectivity index (χ1v) is 3.82. The maximum atomic E-state index is 5.77. The molecule has 0 aromatic heterocycles. The minimum Gasteiger partial charge on any atom is -0.398 e. The quantitative estimate of drug-likeness (QED) is 0.585. The van der Waals surface area contributed by atoms with Crippen LogP contribution in [0.4, 0.5) is 11.4 Å². The van der Waals surface area contributed by atoms with Gasteiger partial charge in [-0.1, -0.05) is 24.3 Å². The zero-order valence-corrected chi connectivity index (χ0v) is 6.62. The van der Waals surface area contributed by atoms with Crippen LogP contribution in [0.3, 0.4) is 0 Å². The lowest BCUT2D eigenvalue weighted by molar-refractivity contribution is 1.71. The van der Waals surface area contributed by atoms with Crippen molar-refractivity contribution in [2.45, 2.75) is 0 Å². The molecular weight excluding hydrogens is 154 g/mol. The van der Waals surface area contributed by atoms with Crippen molar-refractivity contribution in [2.24, 2.45) is 0 Å². The number of benzene rings is 2. The third-order valence-electron chi connectivity index (χ3n) is 1.99. The van der Waals surface area contributed by atoms with Gasteiger partial charge in [-0.3, -0.25) is 0 Å².